The van der Waals surface area contributed by atoms with Gasteiger partial charge in [0.15, 0.2) is 0 Å². The highest BCUT2D eigenvalue weighted by Crippen LogP contribution is 2.39. The number of likely N-dealkylation sites (tertiary alicyclic amines) is 1. The fourth-order valence-corrected chi connectivity index (χ4v) is 5.25. The first kappa shape index (κ1) is 17.4. The predicted octanol–water partition coefficient (Wildman–Crippen LogP) is 2.93. The lowest BCUT2D eigenvalue weighted by molar-refractivity contribution is -0.119. The summed E-state index contributed by atoms with van der Waals surface area (Å²) in [5.74, 6) is -0.282. The molecule has 2 fully saturated rings. The monoisotopic (exact) mass is 376 g/mol. The smallest absolute Gasteiger partial charge is 0.264 e. The molecule has 1 N–H and O–H groups in total. The second-order valence-corrected chi connectivity index (χ2v) is 8.25. The molecule has 2 amide bonds. The molecular weight excluding hydrogens is 355 g/mol. The fourth-order valence-electron chi connectivity index (χ4n) is 4.06. The van der Waals surface area contributed by atoms with Crippen molar-refractivity contribution in [2.45, 2.75) is 25.9 Å². The lowest BCUT2D eigenvalue weighted by atomic mass is 9.77. The zero-order valence-corrected chi connectivity index (χ0v) is 15.5. The van der Waals surface area contributed by atoms with Crippen molar-refractivity contribution in [3.05, 3.63) is 34.5 Å². The van der Waals surface area contributed by atoms with Crippen molar-refractivity contribution < 1.29 is 18.7 Å². The van der Waals surface area contributed by atoms with Gasteiger partial charge in [-0.15, -0.1) is 11.3 Å². The molecule has 2 saturated heterocycles. The van der Waals surface area contributed by atoms with Crippen molar-refractivity contribution >= 4 is 33.2 Å². The van der Waals surface area contributed by atoms with Gasteiger partial charge in [-0.3, -0.25) is 9.59 Å². The van der Waals surface area contributed by atoms with Crippen molar-refractivity contribution in [1.82, 2.24) is 10.2 Å². The fraction of sp³-hybridized carbons (Fsp3) is 0.474. The molecule has 0 aliphatic carbocycles. The number of thiophene rings is 1. The van der Waals surface area contributed by atoms with Crippen molar-refractivity contribution in [2.75, 3.05) is 26.7 Å². The Balaban J connectivity index is 1.60. The molecule has 2 aliphatic rings. The molecule has 1 spiro atoms. The molecule has 4 rings (SSSR count). The van der Waals surface area contributed by atoms with Crippen LogP contribution in [0.1, 0.15) is 34.5 Å². The summed E-state index contributed by atoms with van der Waals surface area (Å²) in [6.45, 7) is 2.16. The third kappa shape index (κ3) is 2.89. The zero-order valence-electron chi connectivity index (χ0n) is 14.6. The Kier molecular flexibility index (Phi) is 4.44. The summed E-state index contributed by atoms with van der Waals surface area (Å²) in [5, 5.41) is 3.39. The quantitative estimate of drug-likeness (QED) is 0.896. The van der Waals surface area contributed by atoms with Crippen LogP contribution in [0.5, 0.6) is 0 Å². The summed E-state index contributed by atoms with van der Waals surface area (Å²) in [4.78, 5) is 27.1. The SMILES string of the molecule is COCc1c(C(=O)N2CCC3(CC2)CNC(=O)C3)sc2cccc(F)c12. The van der Waals surface area contributed by atoms with Crippen molar-refractivity contribution in [3.63, 3.8) is 0 Å². The van der Waals surface area contributed by atoms with Crippen LogP contribution in [0.25, 0.3) is 10.1 Å². The number of rotatable bonds is 3. The molecular formula is C19H21FN2O3S. The van der Waals surface area contributed by atoms with Gasteiger partial charge in [0.2, 0.25) is 5.91 Å². The molecule has 0 radical (unpaired) electrons. The average molecular weight is 376 g/mol. The van der Waals surface area contributed by atoms with E-state index in [0.29, 0.717) is 41.9 Å². The maximum Gasteiger partial charge on any atom is 0.264 e. The molecule has 1 aromatic heterocycles. The third-order valence-corrected chi connectivity index (χ3v) is 6.74. The van der Waals surface area contributed by atoms with E-state index in [1.165, 1.54) is 17.4 Å². The normalized spacial score (nSPS) is 19.3. The number of nitrogens with zero attached hydrogens (tertiary/aromatic N) is 1. The second kappa shape index (κ2) is 6.63. The van der Waals surface area contributed by atoms with Crippen LogP contribution in [-0.2, 0) is 16.1 Å². The second-order valence-electron chi connectivity index (χ2n) is 7.20. The summed E-state index contributed by atoms with van der Waals surface area (Å²) in [7, 11) is 1.55. The zero-order chi connectivity index (χ0) is 18.3. The first-order valence-electron chi connectivity index (χ1n) is 8.78. The topological polar surface area (TPSA) is 58.6 Å². The molecule has 26 heavy (non-hydrogen) atoms. The number of carbonyl (C=O) groups is 2. The number of methoxy groups -OCH3 is 1. The van der Waals surface area contributed by atoms with Gasteiger partial charge in [0, 0.05) is 48.8 Å². The lowest BCUT2D eigenvalue weighted by Gasteiger charge is -2.38. The van der Waals surface area contributed by atoms with E-state index in [9.17, 15) is 14.0 Å². The Labute approximate surface area is 155 Å². The van der Waals surface area contributed by atoms with E-state index in [2.05, 4.69) is 5.32 Å². The van der Waals surface area contributed by atoms with Crippen molar-refractivity contribution in [2.24, 2.45) is 5.41 Å². The summed E-state index contributed by atoms with van der Waals surface area (Å²) >= 11 is 1.33. The number of carbonyl (C=O) groups excluding carboxylic acids is 2. The number of piperidine rings is 1. The largest absolute Gasteiger partial charge is 0.380 e. The van der Waals surface area contributed by atoms with Crippen molar-refractivity contribution in [1.29, 1.82) is 0 Å². The van der Waals surface area contributed by atoms with Gasteiger partial charge in [-0.25, -0.2) is 4.39 Å². The molecule has 2 aromatic rings. The Morgan fingerprint density at radius 3 is 2.81 bits per heavy atom. The maximum atomic E-state index is 14.3. The molecule has 0 bridgehead atoms. The number of amides is 2. The van der Waals surface area contributed by atoms with Gasteiger partial charge in [-0.1, -0.05) is 6.07 Å². The standard InChI is InChI=1S/C19H21FN2O3S/c1-25-10-12-16-13(20)3-2-4-14(16)26-17(12)18(24)22-7-5-19(6-8-22)9-15(23)21-11-19/h2-4H,5-11H2,1H3,(H,21,23). The van der Waals surface area contributed by atoms with Crippen LogP contribution in [0.4, 0.5) is 4.39 Å². The van der Waals surface area contributed by atoms with Crippen LogP contribution < -0.4 is 5.32 Å². The van der Waals surface area contributed by atoms with E-state index in [1.54, 1.807) is 13.2 Å². The average Bonchev–Trinajstić information content (AvgIpc) is 3.17. The minimum Gasteiger partial charge on any atom is -0.380 e. The summed E-state index contributed by atoms with van der Waals surface area (Å²) in [5.41, 5.74) is 0.628. The molecule has 2 aliphatic heterocycles. The van der Waals surface area contributed by atoms with E-state index < -0.39 is 0 Å². The van der Waals surface area contributed by atoms with Crippen LogP contribution in [0.3, 0.4) is 0 Å². The van der Waals surface area contributed by atoms with Crippen LogP contribution in [0, 0.1) is 11.2 Å². The minimum absolute atomic E-state index is 0.00447. The van der Waals surface area contributed by atoms with Gasteiger partial charge < -0.3 is 15.0 Å². The number of hydrogen-bond donors (Lipinski definition) is 1. The van der Waals surface area contributed by atoms with Crippen molar-refractivity contribution in [3.8, 4) is 0 Å². The first-order valence-corrected chi connectivity index (χ1v) is 9.59. The van der Waals surface area contributed by atoms with Crippen LogP contribution in [0.15, 0.2) is 18.2 Å². The highest BCUT2D eigenvalue weighted by Gasteiger charge is 2.42. The molecule has 0 unspecified atom stereocenters. The third-order valence-electron chi connectivity index (χ3n) is 5.55. The van der Waals surface area contributed by atoms with E-state index >= 15 is 0 Å². The lowest BCUT2D eigenvalue weighted by Crippen LogP contribution is -2.44. The van der Waals surface area contributed by atoms with Gasteiger partial charge in [-0.2, -0.15) is 0 Å². The Hall–Kier alpha value is -1.99. The van der Waals surface area contributed by atoms with Crippen LogP contribution in [-0.4, -0.2) is 43.5 Å². The van der Waals surface area contributed by atoms with Crippen LogP contribution >= 0.6 is 11.3 Å². The molecule has 7 heteroatoms. The van der Waals surface area contributed by atoms with Gasteiger partial charge in [0.25, 0.3) is 5.91 Å². The van der Waals surface area contributed by atoms with Gasteiger partial charge in [0.1, 0.15) is 5.82 Å². The van der Waals surface area contributed by atoms with Crippen LogP contribution in [0.2, 0.25) is 0 Å². The number of benzene rings is 1. The number of ether oxygens (including phenoxy) is 1. The first-order chi connectivity index (χ1) is 12.5. The Morgan fingerprint density at radius 2 is 2.15 bits per heavy atom. The molecule has 0 saturated carbocycles. The molecule has 138 valence electrons. The summed E-state index contributed by atoms with van der Waals surface area (Å²) in [6.07, 6.45) is 2.19. The maximum absolute atomic E-state index is 14.3. The minimum atomic E-state index is -0.321. The van der Waals surface area contributed by atoms with E-state index in [1.807, 2.05) is 11.0 Å². The number of nitrogens with one attached hydrogen (secondary N) is 1. The predicted molar refractivity (Wildman–Crippen MR) is 97.7 cm³/mol. The molecule has 3 heterocycles. The summed E-state index contributed by atoms with van der Waals surface area (Å²) < 4.78 is 20.3. The number of hydrogen-bond acceptors (Lipinski definition) is 4. The Bertz CT molecular complexity index is 871. The van der Waals surface area contributed by atoms with E-state index in [4.69, 9.17) is 4.74 Å². The molecule has 0 atom stereocenters. The number of halogens is 1. The molecule has 1 aromatic carbocycles. The van der Waals surface area contributed by atoms with Gasteiger partial charge in [0.05, 0.1) is 11.5 Å². The molecule has 5 nitrogen and oxygen atoms in total. The van der Waals surface area contributed by atoms with Gasteiger partial charge in [-0.05, 0) is 30.4 Å². The summed E-state index contributed by atoms with van der Waals surface area (Å²) in [6, 6.07) is 4.91. The van der Waals surface area contributed by atoms with Gasteiger partial charge >= 0.3 is 0 Å². The Morgan fingerprint density at radius 1 is 1.38 bits per heavy atom. The van der Waals surface area contributed by atoms with E-state index in [0.717, 1.165) is 17.5 Å². The highest BCUT2D eigenvalue weighted by atomic mass is 32.1. The number of fused-ring (bicyclic) bond motifs is 1. The van der Waals surface area contributed by atoms with E-state index in [-0.39, 0.29) is 29.7 Å². The highest BCUT2D eigenvalue weighted by molar-refractivity contribution is 7.21.